The Labute approximate surface area is 127 Å². The third-order valence-corrected chi connectivity index (χ3v) is 4.51. The van der Waals surface area contributed by atoms with Crippen LogP contribution in [0.15, 0.2) is 36.4 Å². The summed E-state index contributed by atoms with van der Waals surface area (Å²) in [5.74, 6) is -0.614. The highest BCUT2D eigenvalue weighted by molar-refractivity contribution is 6.23. The number of imide groups is 1. The molecule has 2 aromatic rings. The molecule has 2 aromatic carbocycles. The lowest BCUT2D eigenvalue weighted by molar-refractivity contribution is 0.0113. The minimum atomic E-state index is -0.856. The van der Waals surface area contributed by atoms with Crippen LogP contribution in [-0.4, -0.2) is 40.6 Å². The molecule has 2 N–H and O–H groups in total. The van der Waals surface area contributed by atoms with Gasteiger partial charge in [-0.05, 0) is 42.3 Å². The minimum Gasteiger partial charge on any atom is -0.376 e. The highest BCUT2D eigenvalue weighted by Crippen LogP contribution is 2.31. The van der Waals surface area contributed by atoms with Crippen LogP contribution < -0.4 is 5.32 Å². The average molecular weight is 296 g/mol. The number of benzene rings is 2. The zero-order valence-electron chi connectivity index (χ0n) is 12.0. The number of amides is 2. The number of carbonyl (C=O) groups is 2. The van der Waals surface area contributed by atoms with Crippen molar-refractivity contribution in [3.05, 3.63) is 47.5 Å². The summed E-state index contributed by atoms with van der Waals surface area (Å²) in [6.07, 6.45) is 0.598. The van der Waals surface area contributed by atoms with Gasteiger partial charge in [-0.1, -0.05) is 24.3 Å². The van der Waals surface area contributed by atoms with Gasteiger partial charge in [0, 0.05) is 0 Å². The minimum absolute atomic E-state index is 0.307. The van der Waals surface area contributed by atoms with E-state index in [0.717, 1.165) is 17.2 Å². The number of hydrogen-bond donors (Lipinski definition) is 2. The van der Waals surface area contributed by atoms with Crippen molar-refractivity contribution in [2.45, 2.75) is 25.1 Å². The van der Waals surface area contributed by atoms with E-state index in [1.165, 1.54) is 4.90 Å². The quantitative estimate of drug-likeness (QED) is 0.783. The zero-order valence-corrected chi connectivity index (χ0v) is 12.0. The van der Waals surface area contributed by atoms with Crippen LogP contribution in [0.1, 0.15) is 33.6 Å². The van der Waals surface area contributed by atoms with Crippen LogP contribution in [0.25, 0.3) is 10.8 Å². The molecule has 5 heteroatoms. The zero-order chi connectivity index (χ0) is 15.3. The normalized spacial score (nSPS) is 24.9. The molecule has 5 nitrogen and oxygen atoms in total. The Morgan fingerprint density at radius 2 is 1.64 bits per heavy atom. The maximum absolute atomic E-state index is 12.7. The van der Waals surface area contributed by atoms with Gasteiger partial charge >= 0.3 is 0 Å². The maximum atomic E-state index is 12.7. The van der Waals surface area contributed by atoms with Crippen molar-refractivity contribution in [1.82, 2.24) is 10.2 Å². The molecule has 2 heterocycles. The molecule has 2 unspecified atom stereocenters. The molecule has 1 fully saturated rings. The molecule has 0 bridgehead atoms. The molecule has 1 saturated heterocycles. The number of piperidine rings is 1. The Morgan fingerprint density at radius 1 is 1.05 bits per heavy atom. The Bertz CT molecular complexity index is 732. The van der Waals surface area contributed by atoms with E-state index >= 15 is 0 Å². The van der Waals surface area contributed by atoms with Crippen LogP contribution >= 0.6 is 0 Å². The number of aliphatic hydroxyl groups excluding tert-OH is 1. The van der Waals surface area contributed by atoms with E-state index in [1.807, 2.05) is 24.3 Å². The summed E-state index contributed by atoms with van der Waals surface area (Å²) >= 11 is 0. The molecule has 0 radical (unpaired) electrons. The van der Waals surface area contributed by atoms with Crippen molar-refractivity contribution in [2.24, 2.45) is 0 Å². The van der Waals surface area contributed by atoms with Crippen molar-refractivity contribution in [2.75, 3.05) is 6.54 Å². The van der Waals surface area contributed by atoms with Gasteiger partial charge in [0.2, 0.25) is 0 Å². The fourth-order valence-electron chi connectivity index (χ4n) is 3.37. The third kappa shape index (κ3) is 1.86. The van der Waals surface area contributed by atoms with Crippen LogP contribution in [0.3, 0.4) is 0 Å². The second-order valence-corrected chi connectivity index (χ2v) is 5.83. The van der Waals surface area contributed by atoms with E-state index in [0.29, 0.717) is 24.1 Å². The first-order valence-corrected chi connectivity index (χ1v) is 7.49. The molecule has 0 spiro atoms. The van der Waals surface area contributed by atoms with E-state index in [-0.39, 0.29) is 11.8 Å². The van der Waals surface area contributed by atoms with Crippen LogP contribution in [0, 0.1) is 0 Å². The van der Waals surface area contributed by atoms with E-state index in [9.17, 15) is 14.7 Å². The Hall–Kier alpha value is -2.24. The van der Waals surface area contributed by atoms with E-state index < -0.39 is 12.3 Å². The van der Waals surface area contributed by atoms with Crippen molar-refractivity contribution >= 4 is 22.6 Å². The van der Waals surface area contributed by atoms with Crippen molar-refractivity contribution in [1.29, 1.82) is 0 Å². The highest BCUT2D eigenvalue weighted by atomic mass is 16.3. The monoisotopic (exact) mass is 296 g/mol. The molecule has 2 aliphatic rings. The van der Waals surface area contributed by atoms with Crippen molar-refractivity contribution in [3.8, 4) is 0 Å². The molecular formula is C17H16N2O3. The van der Waals surface area contributed by atoms with Gasteiger partial charge in [-0.15, -0.1) is 0 Å². The molecular weight excluding hydrogens is 280 g/mol. The lowest BCUT2D eigenvalue weighted by Crippen LogP contribution is -2.55. The summed E-state index contributed by atoms with van der Waals surface area (Å²) in [5.41, 5.74) is 0.864. The number of fused-ring (bicyclic) bond motifs is 2. The number of aliphatic hydroxyl groups is 1. The fraction of sp³-hybridized carbons (Fsp3) is 0.294. The summed E-state index contributed by atoms with van der Waals surface area (Å²) in [6.45, 7) is 0.699. The second kappa shape index (κ2) is 4.90. The molecule has 2 atom stereocenters. The summed E-state index contributed by atoms with van der Waals surface area (Å²) < 4.78 is 0. The first kappa shape index (κ1) is 13.4. The maximum Gasteiger partial charge on any atom is 0.261 e. The van der Waals surface area contributed by atoms with Gasteiger partial charge in [-0.3, -0.25) is 19.8 Å². The summed E-state index contributed by atoms with van der Waals surface area (Å²) in [4.78, 5) is 26.5. The summed E-state index contributed by atoms with van der Waals surface area (Å²) in [7, 11) is 0. The van der Waals surface area contributed by atoms with Gasteiger partial charge in [0.1, 0.15) is 6.23 Å². The molecule has 0 saturated carbocycles. The highest BCUT2D eigenvalue weighted by Gasteiger charge is 2.43. The van der Waals surface area contributed by atoms with Gasteiger partial charge in [-0.25, -0.2) is 0 Å². The molecule has 0 aliphatic carbocycles. The second-order valence-electron chi connectivity index (χ2n) is 5.83. The first-order chi connectivity index (χ1) is 10.7. The van der Waals surface area contributed by atoms with E-state index in [1.54, 1.807) is 12.1 Å². The first-order valence-electron chi connectivity index (χ1n) is 7.49. The summed E-state index contributed by atoms with van der Waals surface area (Å²) in [5, 5.41) is 14.9. The van der Waals surface area contributed by atoms with Gasteiger partial charge < -0.3 is 5.11 Å². The number of rotatable bonds is 1. The molecule has 112 valence electrons. The topological polar surface area (TPSA) is 69.6 Å². The average Bonchev–Trinajstić information content (AvgIpc) is 2.77. The SMILES string of the molecule is O=C1c2cc3ccccc3cc2C(=O)N1C1CCCNC1O. The van der Waals surface area contributed by atoms with E-state index in [2.05, 4.69) is 5.32 Å². The van der Waals surface area contributed by atoms with Gasteiger partial charge in [0.15, 0.2) is 0 Å². The predicted molar refractivity (Wildman–Crippen MR) is 81.5 cm³/mol. The lowest BCUT2D eigenvalue weighted by Gasteiger charge is -2.34. The van der Waals surface area contributed by atoms with Gasteiger partial charge in [-0.2, -0.15) is 0 Å². The third-order valence-electron chi connectivity index (χ3n) is 4.51. The van der Waals surface area contributed by atoms with Crippen LogP contribution in [0.4, 0.5) is 0 Å². The Morgan fingerprint density at radius 3 is 2.18 bits per heavy atom. The van der Waals surface area contributed by atoms with E-state index in [4.69, 9.17) is 0 Å². The number of hydrogen-bond acceptors (Lipinski definition) is 4. The van der Waals surface area contributed by atoms with Crippen molar-refractivity contribution < 1.29 is 14.7 Å². The predicted octanol–water partition coefficient (Wildman–Crippen LogP) is 1.51. The lowest BCUT2D eigenvalue weighted by atomic mass is 10.0. The Kier molecular flexibility index (Phi) is 2.99. The molecule has 22 heavy (non-hydrogen) atoms. The number of carbonyl (C=O) groups excluding carboxylic acids is 2. The summed E-state index contributed by atoms with van der Waals surface area (Å²) in [6, 6.07) is 10.7. The van der Waals surface area contributed by atoms with Crippen LogP contribution in [-0.2, 0) is 0 Å². The van der Waals surface area contributed by atoms with Crippen LogP contribution in [0.2, 0.25) is 0 Å². The van der Waals surface area contributed by atoms with Gasteiger partial charge in [0.25, 0.3) is 11.8 Å². The fourth-order valence-corrected chi connectivity index (χ4v) is 3.37. The molecule has 4 rings (SSSR count). The molecule has 2 amide bonds. The Balaban J connectivity index is 1.80. The largest absolute Gasteiger partial charge is 0.376 e. The standard InChI is InChI=1S/C17H16N2O3/c20-15-14(6-3-7-18-15)19-16(21)12-8-10-4-1-2-5-11(10)9-13(12)17(19)22/h1-2,4-5,8-9,14-15,18,20H,3,6-7H2. The van der Waals surface area contributed by atoms with Crippen molar-refractivity contribution in [3.63, 3.8) is 0 Å². The smallest absolute Gasteiger partial charge is 0.261 e. The number of nitrogens with zero attached hydrogens (tertiary/aromatic N) is 1. The van der Waals surface area contributed by atoms with Gasteiger partial charge in [0.05, 0.1) is 17.2 Å². The number of nitrogens with one attached hydrogen (secondary N) is 1. The molecule has 2 aliphatic heterocycles. The van der Waals surface area contributed by atoms with Crippen LogP contribution in [0.5, 0.6) is 0 Å². The molecule has 0 aromatic heterocycles.